The van der Waals surface area contributed by atoms with Crippen LogP contribution < -0.4 is 5.32 Å². The van der Waals surface area contributed by atoms with E-state index in [2.05, 4.69) is 5.32 Å². The van der Waals surface area contributed by atoms with Crippen LogP contribution in [-0.4, -0.2) is 31.3 Å². The molecule has 24 heavy (non-hydrogen) atoms. The van der Waals surface area contributed by atoms with Gasteiger partial charge in [-0.25, -0.2) is 9.59 Å². The molecular weight excluding hydrogens is 306 g/mol. The molecule has 1 rings (SSSR count). The predicted octanol–water partition coefficient (Wildman–Crippen LogP) is 3.57. The van der Waals surface area contributed by atoms with Gasteiger partial charge in [-0.3, -0.25) is 0 Å². The Labute approximate surface area is 144 Å². The van der Waals surface area contributed by atoms with Crippen LogP contribution in [0.4, 0.5) is 4.79 Å². The third kappa shape index (κ3) is 8.56. The topological polar surface area (TPSA) is 64.6 Å². The molecule has 1 atom stereocenters. The van der Waals surface area contributed by atoms with E-state index in [1.54, 1.807) is 0 Å². The van der Waals surface area contributed by atoms with Crippen molar-refractivity contribution in [2.45, 2.75) is 47.1 Å². The van der Waals surface area contributed by atoms with E-state index in [9.17, 15) is 9.59 Å². The van der Waals surface area contributed by atoms with Gasteiger partial charge in [0.25, 0.3) is 0 Å². The zero-order chi connectivity index (χ0) is 18.2. The van der Waals surface area contributed by atoms with Crippen molar-refractivity contribution in [3.63, 3.8) is 0 Å². The van der Waals surface area contributed by atoms with Crippen LogP contribution in [0.2, 0.25) is 0 Å². The number of amides is 1. The van der Waals surface area contributed by atoms with Crippen molar-refractivity contribution >= 4 is 12.1 Å². The van der Waals surface area contributed by atoms with Crippen LogP contribution >= 0.6 is 0 Å². The van der Waals surface area contributed by atoms with Gasteiger partial charge >= 0.3 is 12.1 Å². The molecule has 134 valence electrons. The largest absolute Gasteiger partial charge is 0.464 e. The maximum atomic E-state index is 12.3. The van der Waals surface area contributed by atoms with E-state index in [1.165, 1.54) is 0 Å². The Balaban J connectivity index is 2.69. The highest BCUT2D eigenvalue weighted by atomic mass is 16.6. The minimum Gasteiger partial charge on any atom is -0.464 e. The fourth-order valence-corrected chi connectivity index (χ4v) is 1.86. The van der Waals surface area contributed by atoms with Gasteiger partial charge < -0.3 is 14.8 Å². The van der Waals surface area contributed by atoms with E-state index in [1.807, 2.05) is 65.0 Å². The van der Waals surface area contributed by atoms with Crippen LogP contribution in [0.1, 0.15) is 40.2 Å². The predicted molar refractivity (Wildman–Crippen MR) is 93.7 cm³/mol. The van der Waals surface area contributed by atoms with Gasteiger partial charge in [-0.15, -0.1) is 0 Å². The molecule has 0 saturated carbocycles. The molecule has 1 aromatic rings. The number of carbonyl (C=O) groups is 2. The zero-order valence-electron chi connectivity index (χ0n) is 15.3. The Kier molecular flexibility index (Phi) is 7.75. The number of ether oxygens (including phenoxy) is 2. The molecular formula is C19H29NO4. The molecule has 1 N–H and O–H groups in total. The summed E-state index contributed by atoms with van der Waals surface area (Å²) in [5, 5.41) is 2.63. The first-order valence-electron chi connectivity index (χ1n) is 8.31. The van der Waals surface area contributed by atoms with Crippen molar-refractivity contribution < 1.29 is 19.1 Å². The average molecular weight is 335 g/mol. The molecule has 0 aliphatic rings. The van der Waals surface area contributed by atoms with Crippen LogP contribution in [0.25, 0.3) is 0 Å². The van der Waals surface area contributed by atoms with Crippen molar-refractivity contribution in [3.8, 4) is 0 Å². The highest BCUT2D eigenvalue weighted by molar-refractivity contribution is 5.81. The Morgan fingerprint density at radius 2 is 1.71 bits per heavy atom. The second-order valence-electron chi connectivity index (χ2n) is 7.55. The molecule has 0 fully saturated rings. The van der Waals surface area contributed by atoms with Gasteiger partial charge in [-0.2, -0.15) is 0 Å². The lowest BCUT2D eigenvalue weighted by Gasteiger charge is -2.21. The van der Waals surface area contributed by atoms with Gasteiger partial charge in [0.05, 0.1) is 13.2 Å². The van der Waals surface area contributed by atoms with Gasteiger partial charge in [-0.05, 0) is 16.9 Å². The molecule has 0 saturated heterocycles. The minimum absolute atomic E-state index is 0.135. The Morgan fingerprint density at radius 3 is 2.25 bits per heavy atom. The number of nitrogens with one attached hydrogen (secondary N) is 1. The number of esters is 1. The van der Waals surface area contributed by atoms with Gasteiger partial charge in [-0.1, -0.05) is 65.0 Å². The minimum atomic E-state index is -0.765. The molecule has 5 heteroatoms. The van der Waals surface area contributed by atoms with E-state index in [0.717, 1.165) is 5.56 Å². The normalized spacial score (nSPS) is 12.6. The molecule has 0 radical (unpaired) electrons. The number of alkyl carbamates (subject to hydrolysis) is 1. The summed E-state index contributed by atoms with van der Waals surface area (Å²) in [7, 11) is 0. The SMILES string of the molecule is CC(C)COC(=O)C(Cc1ccccc1)NC(=O)OCC(C)(C)C. The van der Waals surface area contributed by atoms with E-state index < -0.39 is 18.1 Å². The quantitative estimate of drug-likeness (QED) is 0.774. The first-order chi connectivity index (χ1) is 11.2. The molecule has 0 aromatic heterocycles. The van der Waals surface area contributed by atoms with Crippen LogP contribution in [0.3, 0.4) is 0 Å². The van der Waals surface area contributed by atoms with Crippen LogP contribution in [0.5, 0.6) is 0 Å². The van der Waals surface area contributed by atoms with Crippen molar-refractivity contribution in [1.29, 1.82) is 0 Å². The number of rotatable bonds is 7. The van der Waals surface area contributed by atoms with E-state index in [0.29, 0.717) is 13.0 Å². The third-order valence-corrected chi connectivity index (χ3v) is 3.05. The summed E-state index contributed by atoms with van der Waals surface area (Å²) in [4.78, 5) is 24.3. The second-order valence-corrected chi connectivity index (χ2v) is 7.55. The van der Waals surface area contributed by atoms with Gasteiger partial charge in [0.15, 0.2) is 0 Å². The first kappa shape index (κ1) is 20.0. The summed E-state index contributed by atoms with van der Waals surface area (Å²) < 4.78 is 10.5. The summed E-state index contributed by atoms with van der Waals surface area (Å²) in [5.41, 5.74) is 0.810. The molecule has 0 spiro atoms. The van der Waals surface area contributed by atoms with Crippen LogP contribution in [-0.2, 0) is 20.7 Å². The fraction of sp³-hybridized carbons (Fsp3) is 0.579. The number of benzene rings is 1. The smallest absolute Gasteiger partial charge is 0.407 e. The Hall–Kier alpha value is -2.04. The maximum absolute atomic E-state index is 12.3. The molecule has 0 heterocycles. The molecule has 0 aliphatic heterocycles. The van der Waals surface area contributed by atoms with Crippen LogP contribution in [0, 0.1) is 11.3 Å². The molecule has 0 aliphatic carbocycles. The number of carbonyl (C=O) groups excluding carboxylic acids is 2. The Morgan fingerprint density at radius 1 is 1.08 bits per heavy atom. The van der Waals surface area contributed by atoms with E-state index >= 15 is 0 Å². The van der Waals surface area contributed by atoms with Crippen LogP contribution in [0.15, 0.2) is 30.3 Å². The molecule has 5 nitrogen and oxygen atoms in total. The van der Waals surface area contributed by atoms with Crippen molar-refractivity contribution in [3.05, 3.63) is 35.9 Å². The molecule has 1 aromatic carbocycles. The third-order valence-electron chi connectivity index (χ3n) is 3.05. The standard InChI is InChI=1S/C19H29NO4/c1-14(2)12-23-17(21)16(11-15-9-7-6-8-10-15)20-18(22)24-13-19(3,4)5/h6-10,14,16H,11-13H2,1-5H3,(H,20,22). The second kappa shape index (κ2) is 9.30. The number of hydrogen-bond donors (Lipinski definition) is 1. The molecule has 1 amide bonds. The molecule has 0 bridgehead atoms. The lowest BCUT2D eigenvalue weighted by atomic mass is 9.99. The average Bonchev–Trinajstić information content (AvgIpc) is 2.50. The zero-order valence-corrected chi connectivity index (χ0v) is 15.3. The van der Waals surface area contributed by atoms with Crippen molar-refractivity contribution in [2.24, 2.45) is 11.3 Å². The lowest BCUT2D eigenvalue weighted by Crippen LogP contribution is -2.44. The molecule has 1 unspecified atom stereocenters. The van der Waals surface area contributed by atoms with Gasteiger partial charge in [0.1, 0.15) is 6.04 Å². The maximum Gasteiger partial charge on any atom is 0.407 e. The summed E-state index contributed by atoms with van der Waals surface area (Å²) in [5.74, 6) is -0.209. The van der Waals surface area contributed by atoms with Crippen molar-refractivity contribution in [2.75, 3.05) is 13.2 Å². The van der Waals surface area contributed by atoms with Gasteiger partial charge in [0.2, 0.25) is 0 Å². The summed E-state index contributed by atoms with van der Waals surface area (Å²) in [6.07, 6.45) is -0.241. The monoisotopic (exact) mass is 335 g/mol. The van der Waals surface area contributed by atoms with E-state index in [4.69, 9.17) is 9.47 Å². The summed E-state index contributed by atoms with van der Waals surface area (Å²) >= 11 is 0. The van der Waals surface area contributed by atoms with E-state index in [-0.39, 0.29) is 17.9 Å². The first-order valence-corrected chi connectivity index (χ1v) is 8.31. The lowest BCUT2D eigenvalue weighted by molar-refractivity contribution is -0.147. The summed E-state index contributed by atoms with van der Waals surface area (Å²) in [6.45, 7) is 10.4. The number of hydrogen-bond acceptors (Lipinski definition) is 4. The Bertz CT molecular complexity index is 520. The van der Waals surface area contributed by atoms with Gasteiger partial charge in [0, 0.05) is 6.42 Å². The fourth-order valence-electron chi connectivity index (χ4n) is 1.86. The summed E-state index contributed by atoms with van der Waals surface area (Å²) in [6, 6.07) is 8.74. The highest BCUT2D eigenvalue weighted by Gasteiger charge is 2.24. The highest BCUT2D eigenvalue weighted by Crippen LogP contribution is 2.13. The van der Waals surface area contributed by atoms with Crippen molar-refractivity contribution in [1.82, 2.24) is 5.32 Å².